The van der Waals surface area contributed by atoms with Crippen LogP contribution in [0.2, 0.25) is 0 Å². The summed E-state index contributed by atoms with van der Waals surface area (Å²) in [5, 5.41) is 0. The second-order valence-corrected chi connectivity index (χ2v) is 5.45. The molecule has 3 nitrogen and oxygen atoms in total. The third-order valence-corrected chi connectivity index (χ3v) is 3.07. The predicted molar refractivity (Wildman–Crippen MR) is 85.9 cm³/mol. The van der Waals surface area contributed by atoms with E-state index in [9.17, 15) is 0 Å². The van der Waals surface area contributed by atoms with Crippen LogP contribution in [0.5, 0.6) is 0 Å². The summed E-state index contributed by atoms with van der Waals surface area (Å²) < 4.78 is 0. The first-order chi connectivity index (χ1) is 8.99. The van der Waals surface area contributed by atoms with Crippen molar-refractivity contribution in [1.29, 1.82) is 0 Å². The van der Waals surface area contributed by atoms with E-state index >= 15 is 0 Å². The maximum atomic E-state index is 2.32. The van der Waals surface area contributed by atoms with Gasteiger partial charge >= 0.3 is 0 Å². The highest BCUT2D eigenvalue weighted by Gasteiger charge is 1.97. The maximum absolute atomic E-state index is 2.32. The fourth-order valence-corrected chi connectivity index (χ4v) is 1.71. The number of hydrogen-bond donors (Lipinski definition) is 0. The van der Waals surface area contributed by atoms with Crippen molar-refractivity contribution in [2.24, 2.45) is 0 Å². The van der Waals surface area contributed by atoms with E-state index < -0.39 is 0 Å². The van der Waals surface area contributed by atoms with Crippen molar-refractivity contribution in [3.05, 3.63) is 35.9 Å². The number of hydrogen-bond acceptors (Lipinski definition) is 3. The zero-order valence-electron chi connectivity index (χ0n) is 12.9. The molecule has 0 aliphatic rings. The van der Waals surface area contributed by atoms with Crippen LogP contribution < -0.4 is 4.90 Å². The molecule has 0 atom stereocenters. The van der Waals surface area contributed by atoms with E-state index in [4.69, 9.17) is 0 Å². The quantitative estimate of drug-likeness (QED) is 0.745. The third-order valence-electron chi connectivity index (χ3n) is 3.07. The molecule has 1 aromatic rings. The van der Waals surface area contributed by atoms with Gasteiger partial charge in [0.05, 0.1) is 0 Å². The Bertz CT molecular complexity index is 379. The standard InChI is InChI=1S/C16H27N3/c1-17(2)13-14-19(5)12-6-7-15-8-10-16(11-9-15)18(3)4/h6-11H,12-14H2,1-5H3. The number of anilines is 1. The van der Waals surface area contributed by atoms with Crippen LogP contribution in [-0.2, 0) is 0 Å². The van der Waals surface area contributed by atoms with Crippen LogP contribution in [-0.4, -0.2) is 64.7 Å². The molecule has 3 heteroatoms. The topological polar surface area (TPSA) is 9.72 Å². The van der Waals surface area contributed by atoms with Crippen LogP contribution in [0.15, 0.2) is 30.3 Å². The van der Waals surface area contributed by atoms with Crippen LogP contribution >= 0.6 is 0 Å². The van der Waals surface area contributed by atoms with Gasteiger partial charge in [-0.25, -0.2) is 0 Å². The van der Waals surface area contributed by atoms with Gasteiger partial charge in [0.25, 0.3) is 0 Å². The summed E-state index contributed by atoms with van der Waals surface area (Å²) in [7, 11) is 10.5. The van der Waals surface area contributed by atoms with Crippen molar-refractivity contribution in [2.75, 3.05) is 59.8 Å². The first-order valence-corrected chi connectivity index (χ1v) is 6.76. The Morgan fingerprint density at radius 2 is 1.53 bits per heavy atom. The molecular weight excluding hydrogens is 234 g/mol. The number of nitrogens with zero attached hydrogens (tertiary/aromatic N) is 3. The van der Waals surface area contributed by atoms with Gasteiger partial charge in [0.2, 0.25) is 0 Å². The van der Waals surface area contributed by atoms with Gasteiger partial charge in [0.1, 0.15) is 0 Å². The Morgan fingerprint density at radius 3 is 2.05 bits per heavy atom. The highest BCUT2D eigenvalue weighted by molar-refractivity contribution is 5.55. The van der Waals surface area contributed by atoms with Crippen molar-refractivity contribution in [3.8, 4) is 0 Å². The van der Waals surface area contributed by atoms with E-state index in [0.29, 0.717) is 0 Å². The van der Waals surface area contributed by atoms with Crippen LogP contribution in [0, 0.1) is 0 Å². The fraction of sp³-hybridized carbons (Fsp3) is 0.500. The van der Waals surface area contributed by atoms with E-state index in [1.807, 2.05) is 0 Å². The molecule has 0 radical (unpaired) electrons. The minimum absolute atomic E-state index is 0.989. The highest BCUT2D eigenvalue weighted by Crippen LogP contribution is 2.13. The summed E-state index contributed by atoms with van der Waals surface area (Å²) in [6, 6.07) is 8.61. The molecule has 0 heterocycles. The van der Waals surface area contributed by atoms with Gasteiger partial charge in [-0.15, -0.1) is 0 Å². The number of likely N-dealkylation sites (N-methyl/N-ethyl adjacent to an activating group) is 2. The Morgan fingerprint density at radius 1 is 0.895 bits per heavy atom. The summed E-state index contributed by atoms with van der Waals surface area (Å²) in [4.78, 5) is 6.65. The first kappa shape index (κ1) is 15.7. The lowest BCUT2D eigenvalue weighted by atomic mass is 10.2. The second-order valence-electron chi connectivity index (χ2n) is 5.45. The Kier molecular flexibility index (Phi) is 6.60. The monoisotopic (exact) mass is 261 g/mol. The fourth-order valence-electron chi connectivity index (χ4n) is 1.71. The Balaban J connectivity index is 2.39. The molecule has 0 saturated heterocycles. The molecule has 0 aliphatic heterocycles. The van der Waals surface area contributed by atoms with Gasteiger partial charge in [-0.1, -0.05) is 24.3 Å². The molecule has 1 rings (SSSR count). The molecule has 0 saturated carbocycles. The Hall–Kier alpha value is -1.32. The lowest BCUT2D eigenvalue weighted by molar-refractivity contribution is 0.302. The smallest absolute Gasteiger partial charge is 0.0361 e. The van der Waals surface area contributed by atoms with Gasteiger partial charge in [0, 0.05) is 39.4 Å². The molecule has 0 unspecified atom stereocenters. The molecule has 0 N–H and O–H groups in total. The van der Waals surface area contributed by atoms with E-state index in [-0.39, 0.29) is 0 Å². The maximum Gasteiger partial charge on any atom is 0.0361 e. The van der Waals surface area contributed by atoms with Crippen molar-refractivity contribution in [2.45, 2.75) is 0 Å². The van der Waals surface area contributed by atoms with Crippen molar-refractivity contribution in [1.82, 2.24) is 9.80 Å². The average molecular weight is 261 g/mol. The van der Waals surface area contributed by atoms with Gasteiger partial charge in [-0.2, -0.15) is 0 Å². The van der Waals surface area contributed by atoms with Gasteiger partial charge < -0.3 is 14.7 Å². The molecule has 0 bridgehead atoms. The lowest BCUT2D eigenvalue weighted by Crippen LogP contribution is -2.28. The molecular formula is C16H27N3. The summed E-state index contributed by atoms with van der Waals surface area (Å²) in [6.07, 6.45) is 4.41. The summed E-state index contributed by atoms with van der Waals surface area (Å²) in [6.45, 7) is 3.18. The molecule has 0 spiro atoms. The van der Waals surface area contributed by atoms with Crippen LogP contribution in [0.1, 0.15) is 5.56 Å². The van der Waals surface area contributed by atoms with Crippen LogP contribution in [0.3, 0.4) is 0 Å². The van der Waals surface area contributed by atoms with E-state index in [1.165, 1.54) is 11.3 Å². The zero-order valence-corrected chi connectivity index (χ0v) is 12.9. The molecule has 19 heavy (non-hydrogen) atoms. The molecule has 0 aliphatic carbocycles. The van der Waals surface area contributed by atoms with Crippen molar-refractivity contribution < 1.29 is 0 Å². The first-order valence-electron chi connectivity index (χ1n) is 6.76. The second kappa shape index (κ2) is 7.97. The van der Waals surface area contributed by atoms with Crippen molar-refractivity contribution >= 4 is 11.8 Å². The van der Waals surface area contributed by atoms with E-state index in [0.717, 1.165) is 19.6 Å². The lowest BCUT2D eigenvalue weighted by Gasteiger charge is -2.17. The van der Waals surface area contributed by atoms with Gasteiger partial charge in [-0.3, -0.25) is 0 Å². The van der Waals surface area contributed by atoms with Crippen molar-refractivity contribution in [3.63, 3.8) is 0 Å². The molecule has 106 valence electrons. The summed E-state index contributed by atoms with van der Waals surface area (Å²) >= 11 is 0. The highest BCUT2D eigenvalue weighted by atomic mass is 15.1. The van der Waals surface area contributed by atoms with Crippen LogP contribution in [0.4, 0.5) is 5.69 Å². The number of rotatable bonds is 7. The Labute approximate surface area is 118 Å². The summed E-state index contributed by atoms with van der Waals surface area (Å²) in [5.74, 6) is 0. The summed E-state index contributed by atoms with van der Waals surface area (Å²) in [5.41, 5.74) is 2.49. The third kappa shape index (κ3) is 6.41. The predicted octanol–water partition coefficient (Wildman–Crippen LogP) is 2.26. The number of benzene rings is 1. The normalized spacial score (nSPS) is 11.7. The van der Waals surface area contributed by atoms with E-state index in [2.05, 4.69) is 86.4 Å². The minimum Gasteiger partial charge on any atom is -0.378 e. The molecule has 0 amide bonds. The minimum atomic E-state index is 0.989. The van der Waals surface area contributed by atoms with E-state index in [1.54, 1.807) is 0 Å². The zero-order chi connectivity index (χ0) is 14.3. The van der Waals surface area contributed by atoms with Gasteiger partial charge in [0.15, 0.2) is 0 Å². The molecule has 1 aromatic carbocycles. The molecule has 0 fully saturated rings. The molecule has 0 aromatic heterocycles. The van der Waals surface area contributed by atoms with Crippen LogP contribution in [0.25, 0.3) is 6.08 Å². The largest absolute Gasteiger partial charge is 0.378 e. The SMILES string of the molecule is CN(C)CCN(C)CC=Cc1ccc(N(C)C)cc1. The average Bonchev–Trinajstić information content (AvgIpc) is 2.37. The van der Waals surface area contributed by atoms with Gasteiger partial charge in [-0.05, 0) is 38.8 Å².